The summed E-state index contributed by atoms with van der Waals surface area (Å²) in [5, 5.41) is 3.48. The Morgan fingerprint density at radius 3 is 3.10 bits per heavy atom. The molecule has 1 unspecified atom stereocenters. The first kappa shape index (κ1) is 15.1. The molecule has 1 aromatic carbocycles. The molecule has 0 aliphatic carbocycles. The summed E-state index contributed by atoms with van der Waals surface area (Å²) in [6.45, 7) is 2.60. The number of benzene rings is 1. The number of nitrogens with zero attached hydrogens (tertiary/aromatic N) is 1. The fraction of sp³-hybridized carbons (Fsp3) is 0.500. The summed E-state index contributed by atoms with van der Waals surface area (Å²) >= 11 is 6.17. The first-order valence-corrected chi connectivity index (χ1v) is 6.98. The van der Waals surface area contributed by atoms with Gasteiger partial charge in [0.15, 0.2) is 0 Å². The molecule has 0 saturated carbocycles. The molecule has 2 rings (SSSR count). The second-order valence-electron chi connectivity index (χ2n) is 4.55. The molecule has 1 saturated heterocycles. The minimum Gasteiger partial charge on any atom is -0.383 e. The molecule has 1 aliphatic heterocycles. The minimum atomic E-state index is -0.175. The molecule has 1 aromatic rings. The molecule has 1 N–H and O–H groups in total. The molecule has 0 aromatic heterocycles. The Labute approximate surface area is 123 Å². The number of carbonyl (C=O) groups is 1. The van der Waals surface area contributed by atoms with Crippen LogP contribution in [0.4, 0.5) is 4.79 Å². The standard InChI is InChI=1S/C14H19ClN2O3/c1-19-8-6-16-14(18)17-7-9-20-13(10-17)11-4-2-3-5-12(11)15/h2-5,13H,6-10H2,1H3,(H,16,18). The molecule has 1 aliphatic rings. The Bertz CT molecular complexity index is 456. The van der Waals surface area contributed by atoms with E-state index in [1.54, 1.807) is 12.0 Å². The number of ether oxygens (including phenoxy) is 2. The number of carbonyl (C=O) groups excluding carboxylic acids is 1. The number of amides is 2. The molecule has 0 spiro atoms. The van der Waals surface area contributed by atoms with Crippen LogP contribution in [-0.4, -0.2) is 50.9 Å². The first-order chi connectivity index (χ1) is 9.72. The van der Waals surface area contributed by atoms with Gasteiger partial charge in [0.05, 0.1) is 19.8 Å². The normalized spacial score (nSPS) is 18.9. The summed E-state index contributed by atoms with van der Waals surface area (Å²) in [7, 11) is 1.61. The van der Waals surface area contributed by atoms with Crippen molar-refractivity contribution in [2.75, 3.05) is 40.0 Å². The van der Waals surface area contributed by atoms with Gasteiger partial charge in [-0.1, -0.05) is 29.8 Å². The molecule has 5 nitrogen and oxygen atoms in total. The maximum absolute atomic E-state index is 12.0. The van der Waals surface area contributed by atoms with Gasteiger partial charge in [0.1, 0.15) is 6.10 Å². The van der Waals surface area contributed by atoms with Crippen LogP contribution in [0.15, 0.2) is 24.3 Å². The zero-order valence-corrected chi connectivity index (χ0v) is 12.2. The van der Waals surface area contributed by atoms with E-state index in [0.29, 0.717) is 37.9 Å². The van der Waals surface area contributed by atoms with E-state index in [2.05, 4.69) is 5.32 Å². The SMILES string of the molecule is COCCNC(=O)N1CCOC(c2ccccc2Cl)C1. The van der Waals surface area contributed by atoms with Crippen molar-refractivity contribution in [3.8, 4) is 0 Å². The van der Waals surface area contributed by atoms with Crippen LogP contribution in [0, 0.1) is 0 Å². The average molecular weight is 299 g/mol. The van der Waals surface area contributed by atoms with Crippen LogP contribution in [0.1, 0.15) is 11.7 Å². The largest absolute Gasteiger partial charge is 0.383 e. The fourth-order valence-corrected chi connectivity index (χ4v) is 2.39. The van der Waals surface area contributed by atoms with Crippen molar-refractivity contribution in [3.63, 3.8) is 0 Å². The lowest BCUT2D eigenvalue weighted by Gasteiger charge is -2.33. The van der Waals surface area contributed by atoms with Gasteiger partial charge in [0.25, 0.3) is 0 Å². The van der Waals surface area contributed by atoms with Crippen LogP contribution >= 0.6 is 11.6 Å². The number of hydrogen-bond acceptors (Lipinski definition) is 3. The van der Waals surface area contributed by atoms with Crippen LogP contribution in [-0.2, 0) is 9.47 Å². The molecule has 1 atom stereocenters. The summed E-state index contributed by atoms with van der Waals surface area (Å²) in [4.78, 5) is 13.7. The molecule has 20 heavy (non-hydrogen) atoms. The van der Waals surface area contributed by atoms with Crippen molar-refractivity contribution in [2.45, 2.75) is 6.10 Å². The zero-order chi connectivity index (χ0) is 14.4. The Balaban J connectivity index is 1.95. The van der Waals surface area contributed by atoms with Crippen LogP contribution in [0.2, 0.25) is 5.02 Å². The summed E-state index contributed by atoms with van der Waals surface area (Å²) in [5.74, 6) is 0. The van der Waals surface area contributed by atoms with Crippen molar-refractivity contribution >= 4 is 17.6 Å². The maximum Gasteiger partial charge on any atom is 0.317 e. The van der Waals surface area contributed by atoms with Gasteiger partial charge in [0.2, 0.25) is 0 Å². The highest BCUT2D eigenvalue weighted by atomic mass is 35.5. The van der Waals surface area contributed by atoms with Crippen LogP contribution in [0.25, 0.3) is 0 Å². The lowest BCUT2D eigenvalue weighted by Crippen LogP contribution is -2.47. The summed E-state index contributed by atoms with van der Waals surface area (Å²) in [6.07, 6.45) is -0.175. The third-order valence-corrected chi connectivity index (χ3v) is 3.53. The van der Waals surface area contributed by atoms with Gasteiger partial charge in [-0.05, 0) is 6.07 Å². The second-order valence-corrected chi connectivity index (χ2v) is 4.96. The third-order valence-electron chi connectivity index (χ3n) is 3.19. The monoisotopic (exact) mass is 298 g/mol. The molecular weight excluding hydrogens is 280 g/mol. The molecule has 110 valence electrons. The van der Waals surface area contributed by atoms with Crippen molar-refractivity contribution < 1.29 is 14.3 Å². The highest BCUT2D eigenvalue weighted by Crippen LogP contribution is 2.28. The van der Waals surface area contributed by atoms with E-state index in [9.17, 15) is 4.79 Å². The minimum absolute atomic E-state index is 0.0950. The number of methoxy groups -OCH3 is 1. The Kier molecular flexibility index (Phi) is 5.64. The molecule has 1 heterocycles. The first-order valence-electron chi connectivity index (χ1n) is 6.60. The Morgan fingerprint density at radius 1 is 1.55 bits per heavy atom. The average Bonchev–Trinajstić information content (AvgIpc) is 2.48. The van der Waals surface area contributed by atoms with Crippen molar-refractivity contribution in [2.24, 2.45) is 0 Å². The molecule has 6 heteroatoms. The zero-order valence-electron chi connectivity index (χ0n) is 11.5. The van der Waals surface area contributed by atoms with Crippen molar-refractivity contribution in [1.29, 1.82) is 0 Å². The predicted molar refractivity (Wildman–Crippen MR) is 77.0 cm³/mol. The lowest BCUT2D eigenvalue weighted by atomic mass is 10.1. The number of morpholine rings is 1. The van der Waals surface area contributed by atoms with Crippen LogP contribution < -0.4 is 5.32 Å². The maximum atomic E-state index is 12.0. The highest BCUT2D eigenvalue weighted by molar-refractivity contribution is 6.31. The van der Waals surface area contributed by atoms with E-state index >= 15 is 0 Å². The predicted octanol–water partition coefficient (Wildman–Crippen LogP) is 2.07. The Morgan fingerprint density at radius 2 is 2.35 bits per heavy atom. The lowest BCUT2D eigenvalue weighted by molar-refractivity contribution is -0.0155. The summed E-state index contributed by atoms with van der Waals surface area (Å²) in [6, 6.07) is 7.46. The van der Waals surface area contributed by atoms with Gasteiger partial charge in [-0.25, -0.2) is 4.79 Å². The Hall–Kier alpha value is -1.30. The number of urea groups is 1. The van der Waals surface area contributed by atoms with Gasteiger partial charge in [0, 0.05) is 30.8 Å². The number of rotatable bonds is 4. The van der Waals surface area contributed by atoms with Gasteiger partial charge >= 0.3 is 6.03 Å². The molecule has 2 amide bonds. The molecule has 0 bridgehead atoms. The number of hydrogen-bond donors (Lipinski definition) is 1. The van der Waals surface area contributed by atoms with Crippen LogP contribution in [0.3, 0.4) is 0 Å². The van der Waals surface area contributed by atoms with Gasteiger partial charge < -0.3 is 19.7 Å². The molecule has 1 fully saturated rings. The van der Waals surface area contributed by atoms with Crippen molar-refractivity contribution in [1.82, 2.24) is 10.2 Å². The molecule has 0 radical (unpaired) electrons. The number of halogens is 1. The summed E-state index contributed by atoms with van der Waals surface area (Å²) < 4.78 is 10.6. The van der Waals surface area contributed by atoms with E-state index in [-0.39, 0.29) is 12.1 Å². The van der Waals surface area contributed by atoms with E-state index in [1.807, 2.05) is 24.3 Å². The van der Waals surface area contributed by atoms with Gasteiger partial charge in [-0.15, -0.1) is 0 Å². The quantitative estimate of drug-likeness (QED) is 0.866. The van der Waals surface area contributed by atoms with E-state index in [0.717, 1.165) is 5.56 Å². The van der Waals surface area contributed by atoms with E-state index in [4.69, 9.17) is 21.1 Å². The van der Waals surface area contributed by atoms with E-state index < -0.39 is 0 Å². The number of nitrogens with one attached hydrogen (secondary N) is 1. The highest BCUT2D eigenvalue weighted by Gasteiger charge is 2.26. The second kappa shape index (κ2) is 7.47. The smallest absolute Gasteiger partial charge is 0.317 e. The summed E-state index contributed by atoms with van der Waals surface area (Å²) in [5.41, 5.74) is 0.920. The van der Waals surface area contributed by atoms with Crippen molar-refractivity contribution in [3.05, 3.63) is 34.9 Å². The third kappa shape index (κ3) is 3.85. The van der Waals surface area contributed by atoms with Gasteiger partial charge in [-0.2, -0.15) is 0 Å². The van der Waals surface area contributed by atoms with Gasteiger partial charge in [-0.3, -0.25) is 0 Å². The molecular formula is C14H19ClN2O3. The fourth-order valence-electron chi connectivity index (χ4n) is 2.13. The topological polar surface area (TPSA) is 50.8 Å². The van der Waals surface area contributed by atoms with E-state index in [1.165, 1.54) is 0 Å². The van der Waals surface area contributed by atoms with Crippen LogP contribution in [0.5, 0.6) is 0 Å².